The van der Waals surface area contributed by atoms with Crippen LogP contribution in [0.3, 0.4) is 0 Å². The van der Waals surface area contributed by atoms with Crippen molar-refractivity contribution in [2.75, 3.05) is 6.26 Å². The minimum absolute atomic E-state index is 0.0565. The van der Waals surface area contributed by atoms with Crippen molar-refractivity contribution in [2.45, 2.75) is 6.92 Å². The Kier molecular flexibility index (Phi) is 3.73. The van der Waals surface area contributed by atoms with Gasteiger partial charge in [-0.1, -0.05) is 18.2 Å². The quantitative estimate of drug-likeness (QED) is 0.754. The van der Waals surface area contributed by atoms with Gasteiger partial charge in [0.05, 0.1) is 5.52 Å². The summed E-state index contributed by atoms with van der Waals surface area (Å²) in [5, 5.41) is 0.879. The zero-order chi connectivity index (χ0) is 15.0. The van der Waals surface area contributed by atoms with Crippen molar-refractivity contribution in [2.24, 2.45) is 4.99 Å². The monoisotopic (exact) mass is 316 g/mol. The molecule has 0 saturated carbocycles. The zero-order valence-electron chi connectivity index (χ0n) is 11.5. The summed E-state index contributed by atoms with van der Waals surface area (Å²) in [6.45, 7) is 1.52. The summed E-state index contributed by atoms with van der Waals surface area (Å²) < 4.78 is 2.34. The van der Waals surface area contributed by atoms with Gasteiger partial charge in [0.25, 0.3) is 0 Å². The van der Waals surface area contributed by atoms with Crippen LogP contribution in [0.5, 0.6) is 0 Å². The Morgan fingerprint density at radius 2 is 2.14 bits per heavy atom. The highest BCUT2D eigenvalue weighted by Crippen LogP contribution is 2.31. The van der Waals surface area contributed by atoms with E-state index in [1.165, 1.54) is 18.7 Å². The number of hydrogen-bond donors (Lipinski definition) is 0. The molecular weight excluding hydrogens is 304 g/mol. The first kappa shape index (κ1) is 14.2. The van der Waals surface area contributed by atoms with Crippen LogP contribution in [0.2, 0.25) is 0 Å². The van der Waals surface area contributed by atoms with Crippen LogP contribution < -0.4 is 0 Å². The Bertz CT molecular complexity index is 818. The van der Waals surface area contributed by atoms with E-state index in [1.54, 1.807) is 16.8 Å². The molecule has 1 aliphatic rings. The largest absolute Gasteiger partial charge is 0.287 e. The van der Waals surface area contributed by atoms with Gasteiger partial charge in [-0.3, -0.25) is 14.2 Å². The lowest BCUT2D eigenvalue weighted by molar-refractivity contribution is -0.107. The van der Waals surface area contributed by atoms with E-state index in [4.69, 9.17) is 0 Å². The third kappa shape index (κ3) is 2.56. The molecule has 2 heterocycles. The van der Waals surface area contributed by atoms with E-state index in [0.29, 0.717) is 5.70 Å². The number of hydrogen-bond acceptors (Lipinski definition) is 5. The van der Waals surface area contributed by atoms with Crippen molar-refractivity contribution in [3.8, 4) is 0 Å². The smallest absolute Gasteiger partial charge is 0.244 e. The van der Waals surface area contributed by atoms with Gasteiger partial charge in [-0.15, -0.1) is 11.8 Å². The number of thioether (sulfide) groups is 2. The average molecular weight is 316 g/mol. The number of carbonyl (C=O) groups excluding carboxylic acids is 2. The van der Waals surface area contributed by atoms with Gasteiger partial charge in [0.2, 0.25) is 11.0 Å². The maximum Gasteiger partial charge on any atom is 0.244 e. The second-order valence-corrected chi connectivity index (χ2v) is 6.51. The molecule has 1 aromatic heterocycles. The first-order valence-electron chi connectivity index (χ1n) is 6.27. The summed E-state index contributed by atoms with van der Waals surface area (Å²) in [6.07, 6.45) is 5.40. The Hall–Kier alpha value is -1.79. The summed E-state index contributed by atoms with van der Waals surface area (Å²) in [4.78, 5) is 27.9. The van der Waals surface area contributed by atoms with Crippen LogP contribution in [0.25, 0.3) is 17.0 Å². The molecule has 6 heteroatoms. The number of nitrogens with zero attached hydrogens (tertiary/aromatic N) is 2. The van der Waals surface area contributed by atoms with E-state index in [9.17, 15) is 9.59 Å². The molecule has 0 bridgehead atoms. The molecule has 0 amide bonds. The van der Waals surface area contributed by atoms with E-state index in [1.807, 2.05) is 30.5 Å². The van der Waals surface area contributed by atoms with Crippen molar-refractivity contribution in [1.82, 2.24) is 4.57 Å². The molecule has 4 nitrogen and oxygen atoms in total. The Morgan fingerprint density at radius 3 is 2.81 bits per heavy atom. The van der Waals surface area contributed by atoms with E-state index in [0.717, 1.165) is 32.6 Å². The zero-order valence-corrected chi connectivity index (χ0v) is 13.1. The summed E-state index contributed by atoms with van der Waals surface area (Å²) in [5.41, 5.74) is 2.09. The standard InChI is InChI=1S/C15H12N2O2S2/c1-9(18)17-8-10(11-5-3-4-6-13(11)17)7-12-14(19)21-15(16-12)20-2/h3-8H,1-2H3/b12-7-. The van der Waals surface area contributed by atoms with Crippen molar-refractivity contribution >= 4 is 55.9 Å². The van der Waals surface area contributed by atoms with Crippen LogP contribution in [0.1, 0.15) is 17.3 Å². The van der Waals surface area contributed by atoms with Gasteiger partial charge >= 0.3 is 0 Å². The molecule has 0 spiro atoms. The highest BCUT2D eigenvalue weighted by molar-refractivity contribution is 8.45. The van der Waals surface area contributed by atoms with Crippen molar-refractivity contribution in [3.05, 3.63) is 41.7 Å². The fraction of sp³-hybridized carbons (Fsp3) is 0.133. The fourth-order valence-corrected chi connectivity index (χ4v) is 3.47. The van der Waals surface area contributed by atoms with Crippen LogP contribution in [0, 0.1) is 0 Å². The molecule has 1 aromatic carbocycles. The van der Waals surface area contributed by atoms with Crippen LogP contribution in [-0.4, -0.2) is 26.2 Å². The number of aromatic nitrogens is 1. The van der Waals surface area contributed by atoms with Gasteiger partial charge in [0.1, 0.15) is 10.1 Å². The molecule has 21 heavy (non-hydrogen) atoms. The average Bonchev–Trinajstić information content (AvgIpc) is 3.01. The Labute approximate surface area is 130 Å². The summed E-state index contributed by atoms with van der Waals surface area (Å²) in [6, 6.07) is 7.63. The number of para-hydroxylation sites is 1. The molecule has 0 atom stereocenters. The predicted octanol–water partition coefficient (Wildman–Crippen LogP) is 3.63. The van der Waals surface area contributed by atoms with Crippen molar-refractivity contribution < 1.29 is 9.59 Å². The summed E-state index contributed by atoms with van der Waals surface area (Å²) >= 11 is 2.60. The molecule has 0 radical (unpaired) electrons. The molecule has 3 rings (SSSR count). The molecule has 0 fully saturated rings. The van der Waals surface area contributed by atoms with Crippen molar-refractivity contribution in [1.29, 1.82) is 0 Å². The fourth-order valence-electron chi connectivity index (χ4n) is 2.21. The molecule has 0 N–H and O–H groups in total. The maximum atomic E-state index is 11.9. The number of benzene rings is 1. The lowest BCUT2D eigenvalue weighted by atomic mass is 10.1. The van der Waals surface area contributed by atoms with Crippen LogP contribution >= 0.6 is 23.5 Å². The van der Waals surface area contributed by atoms with Gasteiger partial charge in [0.15, 0.2) is 0 Å². The lowest BCUT2D eigenvalue weighted by Crippen LogP contribution is -2.02. The number of rotatable bonds is 1. The summed E-state index contributed by atoms with van der Waals surface area (Å²) in [7, 11) is 0. The molecule has 0 saturated heterocycles. The van der Waals surface area contributed by atoms with Crippen LogP contribution in [0.15, 0.2) is 41.2 Å². The number of aliphatic imine (C=N–C) groups is 1. The van der Waals surface area contributed by atoms with E-state index in [-0.39, 0.29) is 11.0 Å². The molecule has 0 unspecified atom stereocenters. The second kappa shape index (κ2) is 5.54. The normalized spacial score (nSPS) is 16.8. The van der Waals surface area contributed by atoms with E-state index < -0.39 is 0 Å². The maximum absolute atomic E-state index is 11.9. The van der Waals surface area contributed by atoms with Gasteiger partial charge in [-0.2, -0.15) is 0 Å². The number of carbonyl (C=O) groups is 2. The van der Waals surface area contributed by atoms with Gasteiger partial charge < -0.3 is 0 Å². The SMILES string of the molecule is CSC1=N/C(=C\c2cn(C(C)=O)c3ccccc23)C(=O)S1. The first-order chi connectivity index (χ1) is 10.1. The molecule has 1 aliphatic heterocycles. The predicted molar refractivity (Wildman–Crippen MR) is 89.8 cm³/mol. The van der Waals surface area contributed by atoms with Crippen molar-refractivity contribution in [3.63, 3.8) is 0 Å². The summed E-state index contributed by atoms with van der Waals surface area (Å²) in [5.74, 6) is -0.0590. The minimum Gasteiger partial charge on any atom is -0.287 e. The van der Waals surface area contributed by atoms with Crippen LogP contribution in [0.4, 0.5) is 0 Å². The third-order valence-corrected chi connectivity index (χ3v) is 5.00. The molecular formula is C15H12N2O2S2. The van der Waals surface area contributed by atoms with Gasteiger partial charge in [-0.05, 0) is 30.2 Å². The Morgan fingerprint density at radius 1 is 1.38 bits per heavy atom. The Balaban J connectivity index is 2.16. The minimum atomic E-state index is -0.0590. The van der Waals surface area contributed by atoms with Crippen LogP contribution in [-0.2, 0) is 4.79 Å². The highest BCUT2D eigenvalue weighted by atomic mass is 32.2. The van der Waals surface area contributed by atoms with Gasteiger partial charge in [-0.25, -0.2) is 4.99 Å². The lowest BCUT2D eigenvalue weighted by Gasteiger charge is -1.96. The first-order valence-corrected chi connectivity index (χ1v) is 8.32. The molecule has 0 aliphatic carbocycles. The third-order valence-electron chi connectivity index (χ3n) is 3.15. The molecule has 2 aromatic rings. The van der Waals surface area contributed by atoms with E-state index >= 15 is 0 Å². The topological polar surface area (TPSA) is 51.4 Å². The molecule has 106 valence electrons. The van der Waals surface area contributed by atoms with E-state index in [2.05, 4.69) is 4.99 Å². The highest BCUT2D eigenvalue weighted by Gasteiger charge is 2.22. The van der Waals surface area contributed by atoms with Gasteiger partial charge in [0, 0.05) is 24.1 Å². The number of fused-ring (bicyclic) bond motifs is 1. The second-order valence-electron chi connectivity index (χ2n) is 4.49.